The number of hydrogen-bond donors (Lipinski definition) is 7. The predicted octanol–water partition coefficient (Wildman–Crippen LogP) is 1.02. The number of amides is 2. The SMILES string of the molecule is CN(C)c1cc(NC(=O)CN(O)Cc2ccccc2)c(O)c2c1C[C@H]1C[C@H]3[C@H](N(C)C)C(O)=C(C(N)=O)C(=O)[C@@]3(O)C(O)=C1C2=O. The van der Waals surface area contributed by atoms with Gasteiger partial charge in [-0.15, -0.1) is 0 Å². The fraction of sp³-hybridized carbons (Fsp3) is 0.375. The van der Waals surface area contributed by atoms with Gasteiger partial charge in [-0.2, -0.15) is 5.06 Å². The van der Waals surface area contributed by atoms with E-state index >= 15 is 0 Å². The molecule has 2 aromatic rings. The predicted molar refractivity (Wildman–Crippen MR) is 165 cm³/mol. The molecule has 2 aromatic carbocycles. The van der Waals surface area contributed by atoms with Crippen LogP contribution in [0.3, 0.4) is 0 Å². The normalized spacial score (nSPS) is 24.1. The van der Waals surface area contributed by atoms with Crippen LogP contribution >= 0.6 is 0 Å². The summed E-state index contributed by atoms with van der Waals surface area (Å²) in [5, 5.41) is 59.3. The number of phenolic OH excluding ortho intramolecular Hbond substituents is 1. The second-order valence-corrected chi connectivity index (χ2v) is 12.4. The van der Waals surface area contributed by atoms with Gasteiger partial charge in [0.05, 0.1) is 17.3 Å². The number of hydroxylamine groups is 2. The van der Waals surface area contributed by atoms with Gasteiger partial charge in [0.15, 0.2) is 17.1 Å². The van der Waals surface area contributed by atoms with E-state index in [4.69, 9.17) is 5.73 Å². The number of aromatic hydroxyl groups is 1. The maximum Gasteiger partial charge on any atom is 0.255 e. The molecule has 2 amide bonds. The van der Waals surface area contributed by atoms with Gasteiger partial charge >= 0.3 is 0 Å². The molecule has 0 bridgehead atoms. The summed E-state index contributed by atoms with van der Waals surface area (Å²) in [5.74, 6) is -8.32. The van der Waals surface area contributed by atoms with Crippen molar-refractivity contribution in [2.24, 2.45) is 17.6 Å². The molecule has 3 aliphatic rings. The number of rotatable bonds is 8. The number of Topliss-reactive ketones (excluding diaryl/α,β-unsaturated/α-hetero) is 2. The third kappa shape index (κ3) is 5.18. The van der Waals surface area contributed by atoms with Crippen molar-refractivity contribution >= 4 is 34.8 Å². The zero-order valence-corrected chi connectivity index (χ0v) is 25.8. The Balaban J connectivity index is 1.55. The highest BCUT2D eigenvalue weighted by atomic mass is 16.5. The third-order valence-electron chi connectivity index (χ3n) is 8.99. The van der Waals surface area contributed by atoms with Crippen molar-refractivity contribution in [3.05, 3.63) is 75.8 Å². The zero-order valence-electron chi connectivity index (χ0n) is 25.8. The Morgan fingerprint density at radius 2 is 1.72 bits per heavy atom. The summed E-state index contributed by atoms with van der Waals surface area (Å²) < 4.78 is 0. The number of hydrogen-bond acceptors (Lipinski definition) is 12. The number of phenols is 1. The number of carbonyl (C=O) groups excluding carboxylic acids is 4. The molecule has 0 aromatic heterocycles. The van der Waals surface area contributed by atoms with Crippen molar-refractivity contribution in [1.29, 1.82) is 0 Å². The fourth-order valence-corrected chi connectivity index (χ4v) is 7.00. The van der Waals surface area contributed by atoms with Gasteiger partial charge in [-0.3, -0.25) is 24.1 Å². The minimum absolute atomic E-state index is 0.0500. The van der Waals surface area contributed by atoms with Gasteiger partial charge < -0.3 is 41.6 Å². The monoisotopic (exact) mass is 635 g/mol. The maximum atomic E-state index is 14.2. The minimum atomic E-state index is -2.76. The summed E-state index contributed by atoms with van der Waals surface area (Å²) in [6.07, 6.45) is 0.0387. The first-order valence-electron chi connectivity index (χ1n) is 14.6. The van der Waals surface area contributed by atoms with E-state index in [2.05, 4.69) is 5.32 Å². The maximum absolute atomic E-state index is 14.2. The summed E-state index contributed by atoms with van der Waals surface area (Å²) >= 11 is 0. The minimum Gasteiger partial charge on any atom is -0.510 e. The summed E-state index contributed by atoms with van der Waals surface area (Å²) in [6.45, 7) is -0.404. The molecule has 0 unspecified atom stereocenters. The van der Waals surface area contributed by atoms with Crippen LogP contribution in [0.15, 0.2) is 59.1 Å². The van der Waals surface area contributed by atoms with Crippen LogP contribution in [0.25, 0.3) is 0 Å². The van der Waals surface area contributed by atoms with E-state index in [1.54, 1.807) is 57.4 Å². The Bertz CT molecular complexity index is 1700. The molecular formula is C32H37N5O9. The van der Waals surface area contributed by atoms with E-state index in [9.17, 15) is 44.8 Å². The number of likely N-dealkylation sites (N-methyl/N-ethyl adjacent to an activating group) is 1. The molecule has 0 heterocycles. The summed E-state index contributed by atoms with van der Waals surface area (Å²) in [7, 11) is 6.53. The van der Waals surface area contributed by atoms with Crippen LogP contribution in [0, 0.1) is 11.8 Å². The standard InChI is InChI=1S/C32H37N5O9/c1-35(2)20-12-19(34-21(38)14-37(46)13-15-8-6-5-7-9-15)26(39)23-17(20)10-16-11-18-25(36(3)4)28(41)24(31(33)44)30(43)32(18,45)29(42)22(16)27(23)40/h5-9,12,16,18,25,39,41-42,45-46H,10-11,13-14H2,1-4H3,(H2,33,44)(H,34,38)/t16-,18-,25-,32-/m0/s1. The number of aliphatic hydroxyl groups is 3. The van der Waals surface area contributed by atoms with Gasteiger partial charge in [0.2, 0.25) is 11.7 Å². The fourth-order valence-electron chi connectivity index (χ4n) is 7.00. The number of nitrogens with zero attached hydrogens (tertiary/aromatic N) is 3. The van der Waals surface area contributed by atoms with E-state index in [1.165, 1.54) is 11.0 Å². The van der Waals surface area contributed by atoms with Crippen molar-refractivity contribution in [3.63, 3.8) is 0 Å². The van der Waals surface area contributed by atoms with E-state index < -0.39 is 76.2 Å². The molecule has 0 saturated heterocycles. The van der Waals surface area contributed by atoms with Crippen molar-refractivity contribution in [2.75, 3.05) is 45.0 Å². The molecule has 4 atom stereocenters. The molecule has 14 nitrogen and oxygen atoms in total. The Labute approximate surface area is 264 Å². The molecule has 5 rings (SSSR count). The number of nitrogens with one attached hydrogen (secondary N) is 1. The Morgan fingerprint density at radius 1 is 1.07 bits per heavy atom. The lowest BCUT2D eigenvalue weighted by atomic mass is 9.58. The second kappa shape index (κ2) is 11.9. The molecule has 3 aliphatic carbocycles. The number of nitrogens with two attached hydrogens (primary N) is 1. The lowest BCUT2D eigenvalue weighted by molar-refractivity contribution is -0.148. The van der Waals surface area contributed by atoms with E-state index in [-0.39, 0.29) is 36.2 Å². The molecule has 0 fully saturated rings. The molecule has 244 valence electrons. The van der Waals surface area contributed by atoms with Crippen molar-refractivity contribution in [1.82, 2.24) is 9.96 Å². The van der Waals surface area contributed by atoms with Crippen LogP contribution in [0.4, 0.5) is 11.4 Å². The van der Waals surface area contributed by atoms with Gasteiger partial charge in [-0.25, -0.2) is 0 Å². The Morgan fingerprint density at radius 3 is 2.30 bits per heavy atom. The largest absolute Gasteiger partial charge is 0.510 e. The molecule has 0 radical (unpaired) electrons. The highest BCUT2D eigenvalue weighted by Gasteiger charge is 2.63. The number of fused-ring (bicyclic) bond motifs is 3. The third-order valence-corrected chi connectivity index (χ3v) is 8.99. The average Bonchev–Trinajstić information content (AvgIpc) is 2.96. The van der Waals surface area contributed by atoms with Crippen LogP contribution in [0.2, 0.25) is 0 Å². The highest BCUT2D eigenvalue weighted by molar-refractivity contribution is 6.25. The second-order valence-electron chi connectivity index (χ2n) is 12.4. The van der Waals surface area contributed by atoms with Crippen LogP contribution in [0.5, 0.6) is 5.75 Å². The lowest BCUT2D eigenvalue weighted by Crippen LogP contribution is -2.63. The van der Waals surface area contributed by atoms with Gasteiger partial charge in [0, 0.05) is 37.8 Å². The van der Waals surface area contributed by atoms with Crippen molar-refractivity contribution in [3.8, 4) is 5.75 Å². The number of primary amides is 1. The van der Waals surface area contributed by atoms with Crippen LogP contribution in [-0.2, 0) is 27.3 Å². The number of anilines is 2. The molecule has 0 saturated carbocycles. The Kier molecular flexibility index (Phi) is 8.42. The lowest BCUT2D eigenvalue weighted by Gasteiger charge is -2.50. The molecule has 0 aliphatic heterocycles. The molecule has 46 heavy (non-hydrogen) atoms. The number of aliphatic hydroxyl groups excluding tert-OH is 2. The number of ketones is 2. The van der Waals surface area contributed by atoms with E-state index in [1.807, 2.05) is 6.07 Å². The molecular weight excluding hydrogens is 598 g/mol. The Hall–Kier alpha value is -4.76. The van der Waals surface area contributed by atoms with Gasteiger partial charge in [-0.05, 0) is 50.0 Å². The zero-order chi connectivity index (χ0) is 33.8. The molecule has 14 heteroatoms. The highest BCUT2D eigenvalue weighted by Crippen LogP contribution is 2.53. The van der Waals surface area contributed by atoms with Gasteiger partial charge in [0.25, 0.3) is 5.91 Å². The van der Waals surface area contributed by atoms with Crippen molar-refractivity contribution in [2.45, 2.75) is 31.0 Å². The van der Waals surface area contributed by atoms with Crippen LogP contribution in [-0.4, -0.2) is 105 Å². The number of benzene rings is 2. The first-order chi connectivity index (χ1) is 21.6. The number of allylic oxidation sites excluding steroid dienone is 1. The topological polar surface area (TPSA) is 217 Å². The first kappa shape index (κ1) is 32.6. The van der Waals surface area contributed by atoms with Crippen molar-refractivity contribution < 1.29 is 44.8 Å². The molecule has 8 N–H and O–H groups in total. The van der Waals surface area contributed by atoms with Crippen LogP contribution in [0.1, 0.15) is 27.9 Å². The smallest absolute Gasteiger partial charge is 0.255 e. The van der Waals surface area contributed by atoms with E-state index in [0.717, 1.165) is 10.6 Å². The quantitative estimate of drug-likeness (QED) is 0.123. The summed E-state index contributed by atoms with van der Waals surface area (Å²) in [5.41, 5.74) is 2.69. The summed E-state index contributed by atoms with van der Waals surface area (Å²) in [6, 6.07) is 9.35. The van der Waals surface area contributed by atoms with Gasteiger partial charge in [0.1, 0.15) is 23.6 Å². The molecule has 0 spiro atoms. The van der Waals surface area contributed by atoms with Crippen LogP contribution < -0.4 is 16.0 Å². The first-order valence-corrected chi connectivity index (χ1v) is 14.6. The average molecular weight is 636 g/mol. The van der Waals surface area contributed by atoms with E-state index in [0.29, 0.717) is 11.3 Å². The van der Waals surface area contributed by atoms with Gasteiger partial charge in [-0.1, -0.05) is 30.3 Å². The number of carbonyl (C=O) groups is 4. The summed E-state index contributed by atoms with van der Waals surface area (Å²) in [4.78, 5) is 55.9.